The van der Waals surface area contributed by atoms with E-state index in [2.05, 4.69) is 5.32 Å². The Morgan fingerprint density at radius 1 is 1.07 bits per heavy atom. The summed E-state index contributed by atoms with van der Waals surface area (Å²) in [6.07, 6.45) is -3.58. The lowest BCUT2D eigenvalue weighted by molar-refractivity contribution is -0.137. The number of rotatable bonds is 10. The Kier molecular flexibility index (Phi) is 9.38. The van der Waals surface area contributed by atoms with Gasteiger partial charge in [-0.2, -0.15) is 13.2 Å². The van der Waals surface area contributed by atoms with Gasteiger partial charge in [-0.3, -0.25) is 9.59 Å². The summed E-state index contributed by atoms with van der Waals surface area (Å²) in [6, 6.07) is 14.8. The molecule has 1 heterocycles. The highest BCUT2D eigenvalue weighted by Gasteiger charge is 2.38. The number of hydrogen-bond acceptors (Lipinski definition) is 6. The summed E-state index contributed by atoms with van der Waals surface area (Å²) in [7, 11) is -3.45. The molecule has 0 saturated carbocycles. The number of anilines is 2. The molecule has 3 aromatic carbocycles. The first-order valence-electron chi connectivity index (χ1n) is 13.6. The molecule has 1 aliphatic rings. The number of alkyl halides is 3. The van der Waals surface area contributed by atoms with Gasteiger partial charge >= 0.3 is 12.1 Å². The van der Waals surface area contributed by atoms with Gasteiger partial charge in [0, 0.05) is 37.0 Å². The highest BCUT2D eigenvalue weighted by Crippen LogP contribution is 2.41. The van der Waals surface area contributed by atoms with Crippen molar-refractivity contribution in [2.24, 2.45) is 0 Å². The molecule has 1 fully saturated rings. The second-order valence-corrected chi connectivity index (χ2v) is 13.1. The summed E-state index contributed by atoms with van der Waals surface area (Å²) in [6.45, 7) is 3.78. The maximum Gasteiger partial charge on any atom is 0.418 e. The molecule has 0 bridgehead atoms. The van der Waals surface area contributed by atoms with Crippen LogP contribution in [0, 0.1) is 13.8 Å². The van der Waals surface area contributed by atoms with Crippen molar-refractivity contribution in [2.45, 2.75) is 44.5 Å². The molecule has 1 atom stereocenters. The molecule has 12 heteroatoms. The topological polar surface area (TPSA) is 113 Å². The Morgan fingerprint density at radius 2 is 1.72 bits per heavy atom. The quantitative estimate of drug-likeness (QED) is 0.311. The van der Waals surface area contributed by atoms with Crippen LogP contribution in [0.5, 0.6) is 5.75 Å². The van der Waals surface area contributed by atoms with Crippen LogP contribution in [0.25, 0.3) is 0 Å². The van der Waals surface area contributed by atoms with Gasteiger partial charge in [0.2, 0.25) is 0 Å². The van der Waals surface area contributed by atoms with Crippen LogP contribution in [0.15, 0.2) is 54.6 Å². The van der Waals surface area contributed by atoms with Crippen molar-refractivity contribution in [1.29, 1.82) is 0 Å². The average Bonchev–Trinajstić information content (AvgIpc) is 3.39. The van der Waals surface area contributed by atoms with E-state index in [9.17, 15) is 36.3 Å². The Bertz CT molecular complexity index is 1600. The molecule has 230 valence electrons. The number of carboxylic acid groups (broad SMARTS) is 1. The molecule has 0 spiro atoms. The average molecular weight is 619 g/mol. The first-order chi connectivity index (χ1) is 20.1. The fourth-order valence-electron chi connectivity index (χ4n) is 5.35. The minimum absolute atomic E-state index is 0.0248. The molecular formula is C31H33F3N2O6S. The number of nitrogens with one attached hydrogen (secondary N) is 1. The van der Waals surface area contributed by atoms with Gasteiger partial charge in [-0.25, -0.2) is 8.42 Å². The number of carbonyl (C=O) groups excluding carboxylic acids is 1. The number of sulfone groups is 1. The zero-order valence-corrected chi connectivity index (χ0v) is 24.8. The van der Waals surface area contributed by atoms with E-state index in [0.29, 0.717) is 29.9 Å². The van der Waals surface area contributed by atoms with Gasteiger partial charge in [0.25, 0.3) is 5.91 Å². The number of carbonyl (C=O) groups is 2. The third-order valence-electron chi connectivity index (χ3n) is 7.44. The smallest absolute Gasteiger partial charge is 0.418 e. The third kappa shape index (κ3) is 7.86. The number of benzene rings is 3. The second-order valence-electron chi connectivity index (χ2n) is 10.8. The van der Waals surface area contributed by atoms with E-state index in [-0.39, 0.29) is 36.3 Å². The molecule has 2 N–H and O–H groups in total. The first kappa shape index (κ1) is 31.9. The van der Waals surface area contributed by atoms with E-state index in [1.165, 1.54) is 4.90 Å². The van der Waals surface area contributed by atoms with Gasteiger partial charge in [-0.05, 0) is 66.8 Å². The lowest BCUT2D eigenvalue weighted by Gasteiger charge is -2.25. The van der Waals surface area contributed by atoms with Crippen molar-refractivity contribution in [1.82, 2.24) is 0 Å². The van der Waals surface area contributed by atoms with Gasteiger partial charge in [0.1, 0.15) is 5.75 Å². The Labute approximate surface area is 248 Å². The molecule has 1 amide bonds. The summed E-state index contributed by atoms with van der Waals surface area (Å²) < 4.78 is 72.8. The van der Waals surface area contributed by atoms with Gasteiger partial charge in [0.05, 0.1) is 29.5 Å². The van der Waals surface area contributed by atoms with Gasteiger partial charge in [0.15, 0.2) is 9.84 Å². The van der Waals surface area contributed by atoms with Crippen molar-refractivity contribution in [3.8, 4) is 5.75 Å². The maximum atomic E-state index is 14.3. The largest absolute Gasteiger partial charge is 0.493 e. The number of amides is 1. The van der Waals surface area contributed by atoms with Gasteiger partial charge in [-0.15, -0.1) is 0 Å². The number of aliphatic carboxylic acids is 1. The van der Waals surface area contributed by atoms with Gasteiger partial charge in [-0.1, -0.05) is 30.3 Å². The number of carboxylic acids is 1. The zero-order chi connectivity index (χ0) is 31.5. The lowest BCUT2D eigenvalue weighted by Crippen LogP contribution is -2.28. The van der Waals surface area contributed by atoms with Crippen LogP contribution in [0.1, 0.15) is 44.6 Å². The number of ether oxygens (including phenoxy) is 1. The summed E-state index contributed by atoms with van der Waals surface area (Å²) >= 11 is 0. The Hall–Kier alpha value is -4.06. The molecule has 0 aromatic heterocycles. The van der Waals surface area contributed by atoms with Crippen LogP contribution >= 0.6 is 0 Å². The van der Waals surface area contributed by atoms with Crippen LogP contribution in [0.4, 0.5) is 24.5 Å². The van der Waals surface area contributed by atoms with Crippen molar-refractivity contribution in [3.63, 3.8) is 0 Å². The molecule has 1 unspecified atom stereocenters. The van der Waals surface area contributed by atoms with Crippen molar-refractivity contribution < 1.29 is 41.0 Å². The first-order valence-corrected chi connectivity index (χ1v) is 15.6. The normalized spacial score (nSPS) is 15.4. The molecule has 0 aliphatic carbocycles. The van der Waals surface area contributed by atoms with Crippen molar-refractivity contribution in [2.75, 3.05) is 36.2 Å². The minimum Gasteiger partial charge on any atom is -0.493 e. The zero-order valence-electron chi connectivity index (χ0n) is 24.0. The summed E-state index contributed by atoms with van der Waals surface area (Å²) in [5, 5.41) is 11.1. The van der Waals surface area contributed by atoms with Crippen LogP contribution in [0.3, 0.4) is 0 Å². The van der Waals surface area contributed by atoms with Crippen molar-refractivity contribution in [3.05, 3.63) is 88.0 Å². The molecule has 1 saturated heterocycles. The van der Waals surface area contributed by atoms with E-state index >= 15 is 0 Å². The molecule has 8 nitrogen and oxygen atoms in total. The lowest BCUT2D eigenvalue weighted by atomic mass is 9.99. The predicted molar refractivity (Wildman–Crippen MR) is 158 cm³/mol. The number of halogens is 3. The number of nitrogens with zero attached hydrogens (tertiary/aromatic N) is 1. The highest BCUT2D eigenvalue weighted by molar-refractivity contribution is 7.91. The second kappa shape index (κ2) is 12.7. The van der Waals surface area contributed by atoms with Crippen LogP contribution in [0.2, 0.25) is 0 Å². The molecule has 1 aliphatic heterocycles. The van der Waals surface area contributed by atoms with E-state index < -0.39 is 50.8 Å². The summed E-state index contributed by atoms with van der Waals surface area (Å²) in [5.74, 6) is -1.56. The Balaban J connectivity index is 1.62. The van der Waals surface area contributed by atoms with E-state index in [1.807, 2.05) is 30.3 Å². The van der Waals surface area contributed by atoms with Crippen LogP contribution < -0.4 is 15.0 Å². The molecule has 43 heavy (non-hydrogen) atoms. The van der Waals surface area contributed by atoms with Crippen LogP contribution in [-0.2, 0) is 33.6 Å². The molecule has 0 radical (unpaired) electrons. The number of hydrogen-bond donors (Lipinski definition) is 2. The monoisotopic (exact) mass is 618 g/mol. The van der Waals surface area contributed by atoms with E-state index in [4.69, 9.17) is 4.74 Å². The SMILES string of the molecule is Cc1cc(OCCc2ccccc2)cc(C)c1C(=O)Nc1cc(CC(=O)O)c(N2CCC(S(C)(=O)=O)C2)cc1C(F)(F)F. The molecule has 4 rings (SSSR count). The summed E-state index contributed by atoms with van der Waals surface area (Å²) in [5.41, 5.74) is 0.508. The number of aryl methyl sites for hydroxylation is 2. The molecule has 3 aromatic rings. The van der Waals surface area contributed by atoms with Gasteiger partial charge < -0.3 is 20.1 Å². The van der Waals surface area contributed by atoms with E-state index in [1.54, 1.807) is 26.0 Å². The highest BCUT2D eigenvalue weighted by atomic mass is 32.2. The Morgan fingerprint density at radius 3 is 2.28 bits per heavy atom. The fourth-order valence-corrected chi connectivity index (χ4v) is 6.33. The third-order valence-corrected chi connectivity index (χ3v) is 9.04. The molecular weight excluding hydrogens is 585 g/mol. The van der Waals surface area contributed by atoms with Crippen LogP contribution in [-0.4, -0.2) is 56.6 Å². The van der Waals surface area contributed by atoms with Crippen molar-refractivity contribution >= 4 is 33.1 Å². The standard InChI is InChI=1S/C31H33F3N2O6S/c1-19-13-23(42-12-10-21-7-5-4-6-8-21)14-20(2)29(19)30(39)35-26-15-22(16-28(37)38)27(17-25(26)31(32,33)34)36-11-9-24(18-36)43(3,40)41/h4-8,13-15,17,24H,9-12,16,18H2,1-3H3,(H,35,39)(H,37,38). The predicted octanol–water partition coefficient (Wildman–Crippen LogP) is 5.45. The maximum absolute atomic E-state index is 14.3. The minimum atomic E-state index is -4.89. The van der Waals surface area contributed by atoms with E-state index in [0.717, 1.165) is 24.0 Å². The summed E-state index contributed by atoms with van der Waals surface area (Å²) in [4.78, 5) is 26.5. The fraction of sp³-hybridized carbons (Fsp3) is 0.355.